The van der Waals surface area contributed by atoms with E-state index in [1.54, 1.807) is 20.3 Å². The number of nitrogens with one attached hydrogen (secondary N) is 3. The lowest BCUT2D eigenvalue weighted by molar-refractivity contribution is 0.395. The number of rotatable bonds is 11. The number of methoxy groups -OCH3 is 2. The van der Waals surface area contributed by atoms with Crippen LogP contribution in [0.5, 0.6) is 11.5 Å². The van der Waals surface area contributed by atoms with Crippen molar-refractivity contribution in [2.45, 2.75) is 13.3 Å². The molecule has 0 spiro atoms. The number of nitrogens with zero attached hydrogens (tertiary/aromatic N) is 3. The van der Waals surface area contributed by atoms with E-state index in [1.807, 2.05) is 37.5 Å². The van der Waals surface area contributed by atoms with Gasteiger partial charge in [0.25, 0.3) is 0 Å². The zero-order chi connectivity index (χ0) is 28.1. The number of hydrogen-bond donors (Lipinski definition) is 3. The van der Waals surface area contributed by atoms with E-state index in [9.17, 15) is 0 Å². The minimum atomic E-state index is 0.360. The van der Waals surface area contributed by atoms with Crippen molar-refractivity contribution in [1.82, 2.24) is 14.9 Å². The molecule has 0 atom stereocenters. The topological polar surface area (TPSA) is 83.6 Å². The first-order chi connectivity index (χ1) is 18.8. The maximum atomic E-state index is 6.74. The molecule has 8 nitrogen and oxygen atoms in total. The molecule has 0 saturated carbocycles. The van der Waals surface area contributed by atoms with Gasteiger partial charge < -0.3 is 30.3 Å². The smallest absolute Gasteiger partial charge is 0.141 e. The van der Waals surface area contributed by atoms with Crippen LogP contribution < -0.4 is 25.4 Å². The Hall–Kier alpha value is -3.46. The molecule has 0 aliphatic heterocycles. The lowest BCUT2D eigenvalue weighted by Gasteiger charge is -2.18. The molecule has 4 aromatic rings. The Morgan fingerprint density at radius 2 is 1.72 bits per heavy atom. The first-order valence-electron chi connectivity index (χ1n) is 12.6. The molecule has 0 saturated heterocycles. The van der Waals surface area contributed by atoms with Crippen LogP contribution in [0.15, 0.2) is 42.6 Å². The summed E-state index contributed by atoms with van der Waals surface area (Å²) in [7, 11) is 9.12. The molecular formula is C29H34Cl2N6O2. The molecule has 0 fully saturated rings. The molecule has 0 aliphatic rings. The van der Waals surface area contributed by atoms with E-state index in [-0.39, 0.29) is 0 Å². The average molecular weight is 570 g/mol. The van der Waals surface area contributed by atoms with Crippen LogP contribution in [0.2, 0.25) is 10.0 Å². The van der Waals surface area contributed by atoms with E-state index < -0.39 is 0 Å². The minimum absolute atomic E-state index is 0.360. The third-order valence-corrected chi connectivity index (χ3v) is 7.16. The number of ether oxygens (including phenoxy) is 2. The van der Waals surface area contributed by atoms with Gasteiger partial charge in [0.2, 0.25) is 0 Å². The van der Waals surface area contributed by atoms with Crippen LogP contribution in [0.1, 0.15) is 12.0 Å². The van der Waals surface area contributed by atoms with E-state index in [1.165, 1.54) is 0 Å². The molecule has 2 heterocycles. The Morgan fingerprint density at radius 3 is 2.36 bits per heavy atom. The molecule has 0 amide bonds. The van der Waals surface area contributed by atoms with Crippen LogP contribution in [-0.4, -0.2) is 63.3 Å². The lowest BCUT2D eigenvalue weighted by atomic mass is 10.1. The van der Waals surface area contributed by atoms with E-state index in [4.69, 9.17) is 42.6 Å². The quantitative estimate of drug-likeness (QED) is 0.165. The van der Waals surface area contributed by atoms with Gasteiger partial charge in [-0.1, -0.05) is 35.3 Å². The fourth-order valence-electron chi connectivity index (χ4n) is 4.36. The molecule has 10 heteroatoms. The van der Waals surface area contributed by atoms with Crippen molar-refractivity contribution in [2.75, 3.05) is 64.4 Å². The average Bonchev–Trinajstić information content (AvgIpc) is 2.92. The molecule has 206 valence electrons. The fourth-order valence-corrected chi connectivity index (χ4v) is 5.05. The van der Waals surface area contributed by atoms with Crippen molar-refractivity contribution in [1.29, 1.82) is 0 Å². The summed E-state index contributed by atoms with van der Waals surface area (Å²) in [6.07, 6.45) is 2.77. The second-order valence-electron chi connectivity index (χ2n) is 9.39. The van der Waals surface area contributed by atoms with Crippen molar-refractivity contribution in [3.8, 4) is 22.8 Å². The highest BCUT2D eigenvalue weighted by atomic mass is 35.5. The lowest BCUT2D eigenvalue weighted by Crippen LogP contribution is -2.16. The van der Waals surface area contributed by atoms with Gasteiger partial charge in [-0.2, -0.15) is 0 Å². The molecule has 2 aromatic carbocycles. The second kappa shape index (κ2) is 12.6. The van der Waals surface area contributed by atoms with Gasteiger partial charge in [-0.25, -0.2) is 9.97 Å². The van der Waals surface area contributed by atoms with E-state index in [0.717, 1.165) is 47.2 Å². The van der Waals surface area contributed by atoms with Gasteiger partial charge in [-0.3, -0.25) is 0 Å². The number of pyridine rings is 2. The van der Waals surface area contributed by atoms with Crippen LogP contribution in [0.25, 0.3) is 22.0 Å². The molecule has 0 unspecified atom stereocenters. The van der Waals surface area contributed by atoms with Crippen molar-refractivity contribution in [2.24, 2.45) is 0 Å². The van der Waals surface area contributed by atoms with Crippen molar-refractivity contribution >= 4 is 57.0 Å². The Kier molecular flexibility index (Phi) is 9.22. The Balaban J connectivity index is 1.84. The largest absolute Gasteiger partial charge is 0.495 e. The number of hydrogen-bond acceptors (Lipinski definition) is 8. The highest BCUT2D eigenvalue weighted by Gasteiger charge is 2.21. The van der Waals surface area contributed by atoms with Gasteiger partial charge in [0.05, 0.1) is 41.3 Å². The summed E-state index contributed by atoms with van der Waals surface area (Å²) in [6.45, 7) is 3.74. The number of anilines is 4. The minimum Gasteiger partial charge on any atom is -0.495 e. The number of aryl methyl sites for hydroxylation is 1. The molecule has 4 rings (SSSR count). The Bertz CT molecular complexity index is 1450. The first kappa shape index (κ1) is 28.5. The van der Waals surface area contributed by atoms with Gasteiger partial charge in [-0.05, 0) is 57.7 Å². The SMILES string of the molecule is CNc1cccc(C)c1Nc1cc2c(NCCCN(C)C)nc(-c3c(Cl)c(OC)cc(OC)c3Cl)cc2cn1. The summed E-state index contributed by atoms with van der Waals surface area (Å²) in [4.78, 5) is 11.8. The van der Waals surface area contributed by atoms with Crippen LogP contribution in [0, 0.1) is 6.92 Å². The number of fused-ring (bicyclic) bond motifs is 1. The fraction of sp³-hybridized carbons (Fsp3) is 0.310. The molecule has 39 heavy (non-hydrogen) atoms. The molecule has 0 bridgehead atoms. The predicted molar refractivity (Wildman–Crippen MR) is 164 cm³/mol. The predicted octanol–water partition coefficient (Wildman–Crippen LogP) is 7.08. The standard InChI is InChI=1S/C29H34Cl2N6O2/c1-17-9-7-10-20(32-2)28(17)36-24-14-19-18(16-34-24)13-21(35-29(19)33-11-8-12-37(3)4)25-26(30)22(38-5)15-23(39-6)27(25)31/h7,9-10,13-16,32H,8,11-12H2,1-6H3,(H,33,35)(H,34,36). The highest BCUT2D eigenvalue weighted by Crippen LogP contribution is 2.46. The number of benzene rings is 2. The second-order valence-corrected chi connectivity index (χ2v) is 10.1. The van der Waals surface area contributed by atoms with E-state index in [0.29, 0.717) is 44.4 Å². The van der Waals surface area contributed by atoms with Crippen LogP contribution in [-0.2, 0) is 0 Å². The number of para-hydroxylation sites is 1. The van der Waals surface area contributed by atoms with E-state index >= 15 is 0 Å². The molecule has 0 radical (unpaired) electrons. The van der Waals surface area contributed by atoms with Gasteiger partial charge in [0, 0.05) is 42.2 Å². The summed E-state index contributed by atoms with van der Waals surface area (Å²) in [5, 5.41) is 12.8. The van der Waals surface area contributed by atoms with Gasteiger partial charge in [0.15, 0.2) is 0 Å². The van der Waals surface area contributed by atoms with Crippen molar-refractivity contribution in [3.05, 3.63) is 58.2 Å². The normalized spacial score (nSPS) is 11.1. The molecular weight excluding hydrogens is 535 g/mol. The van der Waals surface area contributed by atoms with Gasteiger partial charge in [-0.15, -0.1) is 0 Å². The zero-order valence-electron chi connectivity index (χ0n) is 23.1. The van der Waals surface area contributed by atoms with Crippen LogP contribution in [0.4, 0.5) is 23.0 Å². The van der Waals surface area contributed by atoms with E-state index in [2.05, 4.69) is 47.9 Å². The summed E-state index contributed by atoms with van der Waals surface area (Å²) < 4.78 is 11.0. The zero-order valence-corrected chi connectivity index (χ0v) is 24.6. The van der Waals surface area contributed by atoms with Gasteiger partial charge in [0.1, 0.15) is 23.1 Å². The summed E-state index contributed by atoms with van der Waals surface area (Å²) in [5.41, 5.74) is 4.19. The third kappa shape index (κ3) is 6.24. The van der Waals surface area contributed by atoms with Gasteiger partial charge >= 0.3 is 0 Å². The first-order valence-corrected chi connectivity index (χ1v) is 13.4. The third-order valence-electron chi connectivity index (χ3n) is 6.41. The summed E-state index contributed by atoms with van der Waals surface area (Å²) in [6, 6.07) is 11.7. The Labute approximate surface area is 239 Å². The highest BCUT2D eigenvalue weighted by molar-refractivity contribution is 6.41. The molecule has 0 aliphatic carbocycles. The maximum absolute atomic E-state index is 6.74. The summed E-state index contributed by atoms with van der Waals surface area (Å²) >= 11 is 13.5. The maximum Gasteiger partial charge on any atom is 0.141 e. The summed E-state index contributed by atoms with van der Waals surface area (Å²) in [5.74, 6) is 2.32. The number of halogens is 2. The molecule has 2 aromatic heterocycles. The van der Waals surface area contributed by atoms with Crippen molar-refractivity contribution < 1.29 is 9.47 Å². The Morgan fingerprint density at radius 1 is 1.00 bits per heavy atom. The van der Waals surface area contributed by atoms with Crippen molar-refractivity contribution in [3.63, 3.8) is 0 Å². The van der Waals surface area contributed by atoms with Crippen LogP contribution in [0.3, 0.4) is 0 Å². The number of aromatic nitrogens is 2. The molecule has 3 N–H and O–H groups in total. The monoisotopic (exact) mass is 568 g/mol. The van der Waals surface area contributed by atoms with Crippen LogP contribution >= 0.6 is 23.2 Å².